The lowest BCUT2D eigenvalue weighted by Gasteiger charge is -2.16. The van der Waals surface area contributed by atoms with E-state index in [4.69, 9.17) is 4.74 Å². The van der Waals surface area contributed by atoms with E-state index >= 15 is 0 Å². The number of aromatic nitrogens is 1. The highest BCUT2D eigenvalue weighted by molar-refractivity contribution is 5.89. The second-order valence-corrected chi connectivity index (χ2v) is 3.57. The van der Waals surface area contributed by atoms with E-state index in [0.29, 0.717) is 0 Å². The number of nitrogens with one attached hydrogen (secondary N) is 1. The van der Waals surface area contributed by atoms with Crippen LogP contribution in [0.25, 0.3) is 0 Å². The highest BCUT2D eigenvalue weighted by Crippen LogP contribution is 2.22. The molecule has 0 spiro atoms. The van der Waals surface area contributed by atoms with E-state index in [1.807, 2.05) is 0 Å². The largest absolute Gasteiger partial charge is 0.462 e. The number of pyridine rings is 1. The summed E-state index contributed by atoms with van der Waals surface area (Å²) >= 11 is 0. The third-order valence-corrected chi connectivity index (χ3v) is 2.10. The molecule has 0 aliphatic carbocycles. The normalized spacial score (nSPS) is 11.5. The van der Waals surface area contributed by atoms with E-state index in [2.05, 4.69) is 10.3 Å². The van der Waals surface area contributed by atoms with Gasteiger partial charge in [-0.3, -0.25) is 0 Å². The first kappa shape index (κ1) is 15.2. The fourth-order valence-electron chi connectivity index (χ4n) is 1.12. The number of rotatable bonds is 6. The van der Waals surface area contributed by atoms with Crippen LogP contribution in [-0.2, 0) is 4.74 Å². The minimum absolute atomic E-state index is 0.0339. The molecule has 1 rings (SSSR count). The van der Waals surface area contributed by atoms with Gasteiger partial charge in [-0.1, -0.05) is 0 Å². The molecule has 1 aromatic rings. The Hall–Kier alpha value is -1.86. The van der Waals surface area contributed by atoms with Crippen LogP contribution in [0, 0.1) is 0 Å². The Morgan fingerprint density at radius 2 is 2.16 bits per heavy atom. The van der Waals surface area contributed by atoms with Crippen molar-refractivity contribution in [1.82, 2.24) is 4.98 Å². The van der Waals surface area contributed by atoms with E-state index in [1.54, 1.807) is 6.92 Å². The third kappa shape index (κ3) is 4.38. The first-order valence-corrected chi connectivity index (χ1v) is 5.40. The monoisotopic (exact) mass is 280 g/mol. The molecule has 0 unspecified atom stereocenters. The topological polar surface area (TPSA) is 51.2 Å². The van der Waals surface area contributed by atoms with E-state index < -0.39 is 24.9 Å². The molecule has 0 saturated carbocycles. The molecular weight excluding hydrogens is 268 g/mol. The van der Waals surface area contributed by atoms with Gasteiger partial charge in [0.1, 0.15) is 5.82 Å². The van der Waals surface area contributed by atoms with Crippen molar-refractivity contribution < 1.29 is 27.1 Å². The van der Waals surface area contributed by atoms with Gasteiger partial charge in [0.2, 0.25) is 0 Å². The van der Waals surface area contributed by atoms with E-state index in [-0.39, 0.29) is 18.0 Å². The van der Waals surface area contributed by atoms with Gasteiger partial charge in [0, 0.05) is 6.20 Å². The maximum Gasteiger partial charge on any atom is 0.339 e. The smallest absolute Gasteiger partial charge is 0.339 e. The number of anilines is 1. The zero-order valence-corrected chi connectivity index (χ0v) is 10.00. The first-order chi connectivity index (χ1) is 8.86. The molecule has 4 nitrogen and oxygen atoms in total. The number of hydrogen-bond donors (Lipinski definition) is 1. The minimum atomic E-state index is -4.14. The Bertz CT molecular complexity index is 423. The summed E-state index contributed by atoms with van der Waals surface area (Å²) in [4.78, 5) is 14.9. The quantitative estimate of drug-likeness (QED) is 0.642. The van der Waals surface area contributed by atoms with Crippen LogP contribution in [0.4, 0.5) is 23.4 Å². The summed E-state index contributed by atoms with van der Waals surface area (Å²) in [6, 6.07) is 2.53. The summed E-state index contributed by atoms with van der Waals surface area (Å²) in [7, 11) is 0. The number of ether oxygens (including phenoxy) is 1. The number of hydrogen-bond acceptors (Lipinski definition) is 4. The molecule has 0 fully saturated rings. The van der Waals surface area contributed by atoms with Crippen molar-refractivity contribution in [3.63, 3.8) is 0 Å². The molecule has 0 amide bonds. The average molecular weight is 280 g/mol. The first-order valence-electron chi connectivity index (χ1n) is 5.40. The molecule has 1 heterocycles. The number of carbonyl (C=O) groups is 1. The second-order valence-electron chi connectivity index (χ2n) is 3.57. The predicted molar refractivity (Wildman–Crippen MR) is 59.6 cm³/mol. The lowest BCUT2D eigenvalue weighted by atomic mass is 10.3. The summed E-state index contributed by atoms with van der Waals surface area (Å²) in [6.07, 6.45) is -2.64. The molecule has 8 heteroatoms. The van der Waals surface area contributed by atoms with Crippen molar-refractivity contribution in [3.8, 4) is 0 Å². The van der Waals surface area contributed by atoms with Gasteiger partial charge in [0.15, 0.2) is 0 Å². The van der Waals surface area contributed by atoms with Gasteiger partial charge in [-0.15, -0.1) is 0 Å². The standard InChI is InChI=1S/C11H12F4N2O2/c1-2-19-9(18)7-3-4-8(16-5-7)17-6-11(14,15)10(12)13/h3-5,10H,2,6H2,1H3,(H,16,17). The van der Waals surface area contributed by atoms with Crippen LogP contribution in [0.5, 0.6) is 0 Å². The summed E-state index contributed by atoms with van der Waals surface area (Å²) in [6.45, 7) is 0.587. The second kappa shape index (κ2) is 6.35. The number of alkyl halides is 4. The molecular formula is C11H12F4N2O2. The molecule has 19 heavy (non-hydrogen) atoms. The van der Waals surface area contributed by atoms with Gasteiger partial charge in [0.25, 0.3) is 0 Å². The summed E-state index contributed by atoms with van der Waals surface area (Å²) < 4.78 is 53.7. The van der Waals surface area contributed by atoms with Gasteiger partial charge in [-0.25, -0.2) is 18.6 Å². The predicted octanol–water partition coefficient (Wildman–Crippen LogP) is 2.57. The van der Waals surface area contributed by atoms with E-state index in [0.717, 1.165) is 6.20 Å². The van der Waals surface area contributed by atoms with Gasteiger partial charge < -0.3 is 10.1 Å². The van der Waals surface area contributed by atoms with Crippen molar-refractivity contribution in [1.29, 1.82) is 0 Å². The van der Waals surface area contributed by atoms with Crippen LogP contribution >= 0.6 is 0 Å². The van der Waals surface area contributed by atoms with Gasteiger partial charge in [-0.2, -0.15) is 8.78 Å². The van der Waals surface area contributed by atoms with E-state index in [1.165, 1.54) is 12.1 Å². The van der Waals surface area contributed by atoms with Gasteiger partial charge in [-0.05, 0) is 19.1 Å². The van der Waals surface area contributed by atoms with Crippen LogP contribution in [0.3, 0.4) is 0 Å². The highest BCUT2D eigenvalue weighted by atomic mass is 19.3. The van der Waals surface area contributed by atoms with Crippen molar-refractivity contribution in [3.05, 3.63) is 23.9 Å². The van der Waals surface area contributed by atoms with Crippen molar-refractivity contribution >= 4 is 11.8 Å². The van der Waals surface area contributed by atoms with E-state index in [9.17, 15) is 22.4 Å². The molecule has 1 aromatic heterocycles. The number of halogens is 4. The number of carbonyl (C=O) groups excluding carboxylic acids is 1. The number of nitrogens with zero attached hydrogens (tertiary/aromatic N) is 1. The lowest BCUT2D eigenvalue weighted by Crippen LogP contribution is -2.35. The van der Waals surface area contributed by atoms with Crippen LogP contribution in [0.1, 0.15) is 17.3 Å². The van der Waals surface area contributed by atoms with Gasteiger partial charge in [0.05, 0.1) is 18.7 Å². The maximum absolute atomic E-state index is 12.6. The van der Waals surface area contributed by atoms with Gasteiger partial charge >= 0.3 is 18.3 Å². The molecule has 0 aliphatic heterocycles. The van der Waals surface area contributed by atoms with Crippen molar-refractivity contribution in [2.75, 3.05) is 18.5 Å². The van der Waals surface area contributed by atoms with Crippen LogP contribution in [0.15, 0.2) is 18.3 Å². The van der Waals surface area contributed by atoms with Crippen LogP contribution in [-0.4, -0.2) is 36.5 Å². The maximum atomic E-state index is 12.6. The summed E-state index contributed by atoms with van der Waals surface area (Å²) in [5.74, 6) is -4.77. The fourth-order valence-corrected chi connectivity index (χ4v) is 1.12. The third-order valence-electron chi connectivity index (χ3n) is 2.10. The Labute approximate surface area is 106 Å². The highest BCUT2D eigenvalue weighted by Gasteiger charge is 2.40. The average Bonchev–Trinajstić information content (AvgIpc) is 2.37. The Balaban J connectivity index is 2.60. The zero-order chi connectivity index (χ0) is 14.5. The molecule has 0 atom stereocenters. The molecule has 0 radical (unpaired) electrons. The minimum Gasteiger partial charge on any atom is -0.462 e. The van der Waals surface area contributed by atoms with Crippen molar-refractivity contribution in [2.45, 2.75) is 19.3 Å². The molecule has 0 bridgehead atoms. The summed E-state index contributed by atoms with van der Waals surface area (Å²) in [5.41, 5.74) is 0.146. The van der Waals surface area contributed by atoms with Crippen molar-refractivity contribution in [2.24, 2.45) is 0 Å². The molecule has 0 aromatic carbocycles. The fraction of sp³-hybridized carbons (Fsp3) is 0.455. The molecule has 106 valence electrons. The van der Waals surface area contributed by atoms with Crippen LogP contribution in [0.2, 0.25) is 0 Å². The summed E-state index contributed by atoms with van der Waals surface area (Å²) in [5, 5.41) is 2.07. The Morgan fingerprint density at radius 1 is 1.47 bits per heavy atom. The number of esters is 1. The molecule has 0 aliphatic rings. The zero-order valence-electron chi connectivity index (χ0n) is 10.00. The lowest BCUT2D eigenvalue weighted by molar-refractivity contribution is -0.117. The SMILES string of the molecule is CCOC(=O)c1ccc(NCC(F)(F)C(F)F)nc1. The Kier molecular flexibility index (Phi) is 5.08. The molecule has 1 N–H and O–H groups in total. The van der Waals surface area contributed by atoms with Crippen LogP contribution < -0.4 is 5.32 Å². The Morgan fingerprint density at radius 3 is 2.63 bits per heavy atom. The molecule has 0 saturated heterocycles.